The number of hydrogen-bond donors (Lipinski definition) is 2. The second-order valence-electron chi connectivity index (χ2n) is 4.20. The van der Waals surface area contributed by atoms with E-state index in [9.17, 15) is 4.79 Å². The minimum absolute atomic E-state index is 0.0882. The summed E-state index contributed by atoms with van der Waals surface area (Å²) in [5.74, 6) is -0.0882. The second-order valence-corrected chi connectivity index (χ2v) is 4.20. The number of nitrogens with zero attached hydrogens (tertiary/aromatic N) is 1. The molecule has 0 aliphatic carbocycles. The van der Waals surface area contributed by atoms with Gasteiger partial charge in [0.15, 0.2) is 0 Å². The van der Waals surface area contributed by atoms with E-state index in [2.05, 4.69) is 10.3 Å². The van der Waals surface area contributed by atoms with E-state index >= 15 is 0 Å². The number of nitrogens with one attached hydrogen (secondary N) is 1. The first-order valence-electron chi connectivity index (χ1n) is 6.27. The first-order chi connectivity index (χ1) is 9.31. The van der Waals surface area contributed by atoms with Gasteiger partial charge in [-0.15, -0.1) is 0 Å². The Morgan fingerprint density at radius 2 is 1.95 bits per heavy atom. The molecule has 19 heavy (non-hydrogen) atoms. The summed E-state index contributed by atoms with van der Waals surface area (Å²) in [6, 6.07) is 13.2. The van der Waals surface area contributed by atoms with E-state index in [1.165, 1.54) is 0 Å². The predicted octanol–water partition coefficient (Wildman–Crippen LogP) is 1.51. The van der Waals surface area contributed by atoms with Crippen LogP contribution in [0.1, 0.15) is 21.6 Å². The van der Waals surface area contributed by atoms with E-state index < -0.39 is 0 Å². The first kappa shape index (κ1) is 13.2. The third-order valence-electron chi connectivity index (χ3n) is 2.83. The Kier molecular flexibility index (Phi) is 4.64. The lowest BCUT2D eigenvalue weighted by atomic mass is 10.0. The van der Waals surface area contributed by atoms with Crippen LogP contribution in [0, 0.1) is 0 Å². The summed E-state index contributed by atoms with van der Waals surface area (Å²) >= 11 is 0. The molecule has 0 saturated heterocycles. The molecule has 0 unspecified atom stereocenters. The van der Waals surface area contributed by atoms with Crippen molar-refractivity contribution < 1.29 is 4.79 Å². The van der Waals surface area contributed by atoms with Crippen molar-refractivity contribution in [2.75, 3.05) is 6.54 Å². The molecular weight excluding hydrogens is 238 g/mol. The van der Waals surface area contributed by atoms with Crippen molar-refractivity contribution in [3.05, 3.63) is 65.5 Å². The molecule has 1 heterocycles. The zero-order chi connectivity index (χ0) is 13.5. The molecular formula is C15H17N3O. The van der Waals surface area contributed by atoms with Crippen molar-refractivity contribution in [1.82, 2.24) is 10.3 Å². The Morgan fingerprint density at radius 3 is 2.68 bits per heavy atom. The molecule has 1 amide bonds. The van der Waals surface area contributed by atoms with E-state index in [4.69, 9.17) is 5.73 Å². The molecule has 0 atom stereocenters. The molecule has 2 aromatic rings. The van der Waals surface area contributed by atoms with Crippen LogP contribution in [0.15, 0.2) is 48.7 Å². The van der Waals surface area contributed by atoms with Gasteiger partial charge in [-0.25, -0.2) is 0 Å². The van der Waals surface area contributed by atoms with E-state index in [0.29, 0.717) is 25.1 Å². The summed E-state index contributed by atoms with van der Waals surface area (Å²) in [5.41, 5.74) is 8.05. The van der Waals surface area contributed by atoms with Gasteiger partial charge in [0.25, 0.3) is 5.91 Å². The number of benzene rings is 1. The first-order valence-corrected chi connectivity index (χ1v) is 6.27. The van der Waals surface area contributed by atoms with Crippen LogP contribution >= 0.6 is 0 Å². The lowest BCUT2D eigenvalue weighted by Crippen LogP contribution is -2.24. The van der Waals surface area contributed by atoms with Crippen LogP contribution in [-0.2, 0) is 13.0 Å². The van der Waals surface area contributed by atoms with E-state index in [1.807, 2.05) is 42.5 Å². The predicted molar refractivity (Wildman–Crippen MR) is 74.6 cm³/mol. The van der Waals surface area contributed by atoms with Crippen molar-refractivity contribution in [3.8, 4) is 0 Å². The van der Waals surface area contributed by atoms with Crippen molar-refractivity contribution in [2.24, 2.45) is 5.73 Å². The summed E-state index contributed by atoms with van der Waals surface area (Å²) in [7, 11) is 0. The monoisotopic (exact) mass is 255 g/mol. The number of hydrogen-bond acceptors (Lipinski definition) is 3. The van der Waals surface area contributed by atoms with Crippen LogP contribution in [0.4, 0.5) is 0 Å². The lowest BCUT2D eigenvalue weighted by molar-refractivity contribution is 0.0949. The number of pyridine rings is 1. The largest absolute Gasteiger partial charge is 0.346 e. The van der Waals surface area contributed by atoms with Crippen molar-refractivity contribution in [1.29, 1.82) is 0 Å². The third-order valence-corrected chi connectivity index (χ3v) is 2.83. The van der Waals surface area contributed by atoms with Gasteiger partial charge in [-0.05, 0) is 36.7 Å². The number of carbonyl (C=O) groups excluding carboxylic acids is 1. The fourth-order valence-electron chi connectivity index (χ4n) is 1.88. The molecule has 4 heteroatoms. The minimum atomic E-state index is -0.0882. The maximum atomic E-state index is 12.1. The normalized spacial score (nSPS) is 10.2. The minimum Gasteiger partial charge on any atom is -0.346 e. The Hall–Kier alpha value is -2.20. The molecule has 2 rings (SSSR count). The van der Waals surface area contributed by atoms with E-state index in [-0.39, 0.29) is 5.91 Å². The van der Waals surface area contributed by atoms with Gasteiger partial charge < -0.3 is 11.1 Å². The molecule has 0 fully saturated rings. The number of nitrogens with two attached hydrogens (primary N) is 1. The third kappa shape index (κ3) is 3.63. The number of aromatic nitrogens is 1. The highest BCUT2D eigenvalue weighted by atomic mass is 16.1. The van der Waals surface area contributed by atoms with Crippen molar-refractivity contribution in [2.45, 2.75) is 13.0 Å². The van der Waals surface area contributed by atoms with E-state index in [0.717, 1.165) is 11.3 Å². The van der Waals surface area contributed by atoms with Crippen LogP contribution in [-0.4, -0.2) is 17.4 Å². The highest BCUT2D eigenvalue weighted by Gasteiger charge is 2.09. The molecule has 1 aromatic heterocycles. The highest BCUT2D eigenvalue weighted by Crippen LogP contribution is 2.09. The maximum absolute atomic E-state index is 12.1. The molecule has 0 spiro atoms. The van der Waals surface area contributed by atoms with E-state index in [1.54, 1.807) is 6.20 Å². The molecule has 0 bridgehead atoms. The van der Waals surface area contributed by atoms with Gasteiger partial charge in [0, 0.05) is 11.8 Å². The molecule has 0 aliphatic rings. The van der Waals surface area contributed by atoms with Gasteiger partial charge in [0.05, 0.1) is 12.2 Å². The zero-order valence-electron chi connectivity index (χ0n) is 10.7. The molecule has 0 saturated carbocycles. The Balaban J connectivity index is 2.04. The Morgan fingerprint density at radius 1 is 1.16 bits per heavy atom. The summed E-state index contributed by atoms with van der Waals surface area (Å²) in [6.07, 6.45) is 2.41. The van der Waals surface area contributed by atoms with Crippen LogP contribution in [0.5, 0.6) is 0 Å². The van der Waals surface area contributed by atoms with Gasteiger partial charge in [0.2, 0.25) is 0 Å². The highest BCUT2D eigenvalue weighted by molar-refractivity contribution is 5.95. The number of amides is 1. The Bertz CT molecular complexity index is 540. The maximum Gasteiger partial charge on any atom is 0.251 e. The second kappa shape index (κ2) is 6.66. The van der Waals surface area contributed by atoms with Crippen LogP contribution in [0.2, 0.25) is 0 Å². The fraction of sp³-hybridized carbons (Fsp3) is 0.200. The summed E-state index contributed by atoms with van der Waals surface area (Å²) in [6.45, 7) is 0.959. The molecule has 3 N–H and O–H groups in total. The summed E-state index contributed by atoms with van der Waals surface area (Å²) < 4.78 is 0. The molecule has 98 valence electrons. The van der Waals surface area contributed by atoms with Crippen molar-refractivity contribution in [3.63, 3.8) is 0 Å². The number of rotatable bonds is 5. The average molecular weight is 255 g/mol. The summed E-state index contributed by atoms with van der Waals surface area (Å²) in [4.78, 5) is 16.3. The van der Waals surface area contributed by atoms with Crippen LogP contribution < -0.4 is 11.1 Å². The SMILES string of the molecule is NCCc1ccccc1C(=O)NCc1ccccn1. The fourth-order valence-corrected chi connectivity index (χ4v) is 1.88. The molecule has 0 radical (unpaired) electrons. The molecule has 4 nitrogen and oxygen atoms in total. The summed E-state index contributed by atoms with van der Waals surface area (Å²) in [5, 5.41) is 2.87. The van der Waals surface area contributed by atoms with Crippen LogP contribution in [0.3, 0.4) is 0 Å². The topological polar surface area (TPSA) is 68.0 Å². The van der Waals surface area contributed by atoms with Gasteiger partial charge in [0.1, 0.15) is 0 Å². The van der Waals surface area contributed by atoms with Crippen LogP contribution in [0.25, 0.3) is 0 Å². The standard InChI is InChI=1S/C15H17N3O/c16-9-8-12-5-1-2-7-14(12)15(19)18-11-13-6-3-4-10-17-13/h1-7,10H,8-9,11,16H2,(H,18,19). The van der Waals surface area contributed by atoms with Gasteiger partial charge in [-0.2, -0.15) is 0 Å². The smallest absolute Gasteiger partial charge is 0.251 e. The van der Waals surface area contributed by atoms with Gasteiger partial charge >= 0.3 is 0 Å². The van der Waals surface area contributed by atoms with Gasteiger partial charge in [-0.3, -0.25) is 9.78 Å². The Labute approximate surface area is 112 Å². The van der Waals surface area contributed by atoms with Crippen molar-refractivity contribution >= 4 is 5.91 Å². The lowest BCUT2D eigenvalue weighted by Gasteiger charge is -2.09. The molecule has 0 aliphatic heterocycles. The molecule has 1 aromatic carbocycles. The average Bonchev–Trinajstić information content (AvgIpc) is 2.47. The number of carbonyl (C=O) groups is 1. The zero-order valence-corrected chi connectivity index (χ0v) is 10.7. The quantitative estimate of drug-likeness (QED) is 0.851. The van der Waals surface area contributed by atoms with Gasteiger partial charge in [-0.1, -0.05) is 24.3 Å².